The number of hydrogen-bond acceptors (Lipinski definition) is 3. The molecule has 19 heavy (non-hydrogen) atoms. The maximum absolute atomic E-state index is 8.85. The monoisotopic (exact) mass is 332 g/mol. The minimum absolute atomic E-state index is 0.702. The number of nitriles is 1. The molecule has 0 aliphatic heterocycles. The molecule has 0 heterocycles. The van der Waals surface area contributed by atoms with Gasteiger partial charge in [-0.1, -0.05) is 22.0 Å². The van der Waals surface area contributed by atoms with Crippen LogP contribution in [0.2, 0.25) is 0 Å². The van der Waals surface area contributed by atoms with Gasteiger partial charge in [0.1, 0.15) is 0 Å². The third-order valence-corrected chi connectivity index (χ3v) is 4.44. The van der Waals surface area contributed by atoms with E-state index in [2.05, 4.69) is 22.0 Å². The number of nitrogens with two attached hydrogens (primary N) is 1. The van der Waals surface area contributed by atoms with Crippen LogP contribution in [0.1, 0.15) is 16.7 Å². The number of nitrogens with zero attached hydrogens (tertiary/aromatic N) is 1. The number of aryl methyl sites for hydroxylation is 1. The van der Waals surface area contributed by atoms with E-state index in [1.54, 1.807) is 11.8 Å². The van der Waals surface area contributed by atoms with Crippen molar-refractivity contribution in [3.05, 3.63) is 57.6 Å². The molecule has 0 atom stereocenters. The Labute approximate surface area is 125 Å². The van der Waals surface area contributed by atoms with Gasteiger partial charge in [-0.05, 0) is 48.4 Å². The number of halogens is 1. The average molecular weight is 333 g/mol. The van der Waals surface area contributed by atoms with Gasteiger partial charge < -0.3 is 5.73 Å². The first-order valence-electron chi connectivity index (χ1n) is 5.77. The summed E-state index contributed by atoms with van der Waals surface area (Å²) in [7, 11) is 0. The van der Waals surface area contributed by atoms with Gasteiger partial charge in [0.25, 0.3) is 0 Å². The molecule has 2 aromatic carbocycles. The van der Waals surface area contributed by atoms with Gasteiger partial charge in [0.2, 0.25) is 0 Å². The largest absolute Gasteiger partial charge is 0.398 e. The summed E-state index contributed by atoms with van der Waals surface area (Å²) in [5, 5.41) is 8.85. The van der Waals surface area contributed by atoms with Crippen molar-refractivity contribution >= 4 is 33.4 Å². The maximum Gasteiger partial charge on any atom is 0.0991 e. The topological polar surface area (TPSA) is 49.8 Å². The van der Waals surface area contributed by atoms with Crippen LogP contribution in [-0.4, -0.2) is 0 Å². The summed E-state index contributed by atoms with van der Waals surface area (Å²) in [6.45, 7) is 2.03. The molecule has 0 bridgehead atoms. The first-order valence-corrected chi connectivity index (χ1v) is 7.55. The molecule has 96 valence electrons. The predicted molar refractivity (Wildman–Crippen MR) is 84.0 cm³/mol. The molecule has 0 radical (unpaired) electrons. The standard InChI is InChI=1S/C15H13BrN2S/c1-10-6-11(8-17)2-3-12(10)9-19-15-7-13(16)4-5-14(15)18/h2-7H,9,18H2,1H3. The second kappa shape index (κ2) is 6.14. The molecule has 2 rings (SSSR count). The zero-order valence-corrected chi connectivity index (χ0v) is 12.9. The molecule has 0 amide bonds. The molecule has 2 N–H and O–H groups in total. The Morgan fingerprint density at radius 2 is 2.05 bits per heavy atom. The van der Waals surface area contributed by atoms with Crippen molar-refractivity contribution in [3.8, 4) is 6.07 Å². The quantitative estimate of drug-likeness (QED) is 0.664. The lowest BCUT2D eigenvalue weighted by atomic mass is 10.1. The van der Waals surface area contributed by atoms with Crippen LogP contribution in [-0.2, 0) is 5.75 Å². The summed E-state index contributed by atoms with van der Waals surface area (Å²) < 4.78 is 1.03. The van der Waals surface area contributed by atoms with E-state index in [0.717, 1.165) is 26.4 Å². The van der Waals surface area contributed by atoms with Crippen molar-refractivity contribution in [2.24, 2.45) is 0 Å². The maximum atomic E-state index is 8.85. The van der Waals surface area contributed by atoms with Crippen molar-refractivity contribution in [1.82, 2.24) is 0 Å². The third kappa shape index (κ3) is 3.52. The minimum atomic E-state index is 0.702. The molecule has 4 heteroatoms. The van der Waals surface area contributed by atoms with Crippen molar-refractivity contribution < 1.29 is 0 Å². The molecule has 0 unspecified atom stereocenters. The molecular weight excluding hydrogens is 320 g/mol. The number of benzene rings is 2. The summed E-state index contributed by atoms with van der Waals surface area (Å²) in [4.78, 5) is 1.07. The fraction of sp³-hybridized carbons (Fsp3) is 0.133. The second-order valence-corrected chi connectivity index (χ2v) is 6.16. The van der Waals surface area contributed by atoms with Gasteiger partial charge in [0.15, 0.2) is 0 Å². The van der Waals surface area contributed by atoms with Gasteiger partial charge in [0.05, 0.1) is 11.6 Å². The lowest BCUT2D eigenvalue weighted by Gasteiger charge is -2.08. The zero-order valence-electron chi connectivity index (χ0n) is 10.5. The molecule has 0 saturated carbocycles. The Hall–Kier alpha value is -1.44. The first kappa shape index (κ1) is 14.0. The van der Waals surface area contributed by atoms with Crippen LogP contribution < -0.4 is 5.73 Å². The highest BCUT2D eigenvalue weighted by molar-refractivity contribution is 9.10. The molecule has 0 aliphatic rings. The molecule has 0 fully saturated rings. The van der Waals surface area contributed by atoms with Crippen LogP contribution in [0.3, 0.4) is 0 Å². The highest BCUT2D eigenvalue weighted by Crippen LogP contribution is 2.31. The molecule has 0 saturated heterocycles. The fourth-order valence-corrected chi connectivity index (χ4v) is 3.31. The molecule has 0 aliphatic carbocycles. The van der Waals surface area contributed by atoms with Gasteiger partial charge in [-0.2, -0.15) is 5.26 Å². The van der Waals surface area contributed by atoms with Crippen molar-refractivity contribution in [2.45, 2.75) is 17.6 Å². The summed E-state index contributed by atoms with van der Waals surface area (Å²) in [6.07, 6.45) is 0. The van der Waals surface area contributed by atoms with Crippen LogP contribution >= 0.6 is 27.7 Å². The molecule has 2 nitrogen and oxygen atoms in total. The minimum Gasteiger partial charge on any atom is -0.398 e. The SMILES string of the molecule is Cc1cc(C#N)ccc1CSc1cc(Br)ccc1N. The lowest BCUT2D eigenvalue weighted by molar-refractivity contribution is 1.29. The summed E-state index contributed by atoms with van der Waals surface area (Å²) >= 11 is 5.15. The van der Waals surface area contributed by atoms with E-state index in [-0.39, 0.29) is 0 Å². The Bertz CT molecular complexity index is 647. The van der Waals surface area contributed by atoms with Crippen molar-refractivity contribution in [1.29, 1.82) is 5.26 Å². The number of hydrogen-bond donors (Lipinski definition) is 1. The van der Waals surface area contributed by atoms with Gasteiger partial charge in [0, 0.05) is 20.8 Å². The van der Waals surface area contributed by atoms with E-state index in [0.29, 0.717) is 5.56 Å². The van der Waals surface area contributed by atoms with E-state index < -0.39 is 0 Å². The van der Waals surface area contributed by atoms with Crippen molar-refractivity contribution in [3.63, 3.8) is 0 Å². The van der Waals surface area contributed by atoms with E-state index >= 15 is 0 Å². The summed E-state index contributed by atoms with van der Waals surface area (Å²) in [5.41, 5.74) is 9.81. The van der Waals surface area contributed by atoms with Gasteiger partial charge in [-0.3, -0.25) is 0 Å². The van der Waals surface area contributed by atoms with Crippen molar-refractivity contribution in [2.75, 3.05) is 5.73 Å². The smallest absolute Gasteiger partial charge is 0.0991 e. The van der Waals surface area contributed by atoms with E-state index in [9.17, 15) is 0 Å². The molecule has 0 aromatic heterocycles. The van der Waals surface area contributed by atoms with Gasteiger partial charge in [-0.15, -0.1) is 11.8 Å². The summed E-state index contributed by atoms with van der Waals surface area (Å²) in [6, 6.07) is 13.8. The zero-order chi connectivity index (χ0) is 13.8. The first-order chi connectivity index (χ1) is 9.10. The fourth-order valence-electron chi connectivity index (χ4n) is 1.72. The van der Waals surface area contributed by atoms with Crippen LogP contribution in [0.15, 0.2) is 45.8 Å². The Morgan fingerprint density at radius 1 is 1.26 bits per heavy atom. The van der Waals surface area contributed by atoms with Crippen LogP contribution in [0, 0.1) is 18.3 Å². The third-order valence-electron chi connectivity index (χ3n) is 2.83. The van der Waals surface area contributed by atoms with Gasteiger partial charge >= 0.3 is 0 Å². The van der Waals surface area contributed by atoms with E-state index in [4.69, 9.17) is 11.0 Å². The highest BCUT2D eigenvalue weighted by Gasteiger charge is 2.04. The number of thioether (sulfide) groups is 1. The predicted octanol–water partition coefficient (Wildman–Crippen LogP) is 4.50. The lowest BCUT2D eigenvalue weighted by Crippen LogP contribution is -1.91. The number of nitrogen functional groups attached to an aromatic ring is 1. The molecule has 0 spiro atoms. The van der Waals surface area contributed by atoms with Gasteiger partial charge in [-0.25, -0.2) is 0 Å². The van der Waals surface area contributed by atoms with Crippen LogP contribution in [0.4, 0.5) is 5.69 Å². The molecule has 2 aromatic rings. The van der Waals surface area contributed by atoms with Crippen LogP contribution in [0.25, 0.3) is 0 Å². The molecular formula is C15H13BrN2S. The van der Waals surface area contributed by atoms with E-state index in [1.807, 2.05) is 43.3 Å². The van der Waals surface area contributed by atoms with E-state index in [1.165, 1.54) is 5.56 Å². The Kier molecular flexibility index (Phi) is 4.52. The Balaban J connectivity index is 2.15. The normalized spacial score (nSPS) is 10.2. The Morgan fingerprint density at radius 3 is 2.74 bits per heavy atom. The average Bonchev–Trinajstić information content (AvgIpc) is 2.40. The second-order valence-electron chi connectivity index (χ2n) is 4.22. The van der Waals surface area contributed by atoms with Crippen LogP contribution in [0.5, 0.6) is 0 Å². The summed E-state index contributed by atoms with van der Waals surface area (Å²) in [5.74, 6) is 0.845. The number of anilines is 1. The highest BCUT2D eigenvalue weighted by atomic mass is 79.9. The number of rotatable bonds is 3.